The third-order valence-electron chi connectivity index (χ3n) is 4.23. The molecule has 0 radical (unpaired) electrons. The Balaban J connectivity index is 1.94. The molecule has 0 amide bonds. The number of hydrogen-bond acceptors (Lipinski definition) is 4. The fourth-order valence-electron chi connectivity index (χ4n) is 2.90. The number of pyridine rings is 1. The SMILES string of the molecule is NCCN(CCc1ccccc1F)S(=O)(=O)c1cccc2cnccc12. The van der Waals surface area contributed by atoms with Crippen LogP contribution in [0.25, 0.3) is 10.8 Å². The Morgan fingerprint density at radius 2 is 1.85 bits per heavy atom. The molecule has 1 aromatic heterocycles. The number of hydrogen-bond donors (Lipinski definition) is 1. The summed E-state index contributed by atoms with van der Waals surface area (Å²) in [6.45, 7) is 0.503. The van der Waals surface area contributed by atoms with Crippen LogP contribution in [0.4, 0.5) is 4.39 Å². The molecule has 0 aliphatic carbocycles. The average molecular weight is 373 g/mol. The Morgan fingerprint density at radius 3 is 2.62 bits per heavy atom. The molecule has 0 unspecified atom stereocenters. The number of nitrogens with two attached hydrogens (primary N) is 1. The molecule has 26 heavy (non-hydrogen) atoms. The van der Waals surface area contributed by atoms with Gasteiger partial charge < -0.3 is 5.73 Å². The van der Waals surface area contributed by atoms with E-state index in [1.807, 2.05) is 6.07 Å². The molecule has 0 bridgehead atoms. The van der Waals surface area contributed by atoms with Crippen molar-refractivity contribution in [3.8, 4) is 0 Å². The Labute approximate surface area is 152 Å². The number of fused-ring (bicyclic) bond motifs is 1. The zero-order valence-corrected chi connectivity index (χ0v) is 15.0. The van der Waals surface area contributed by atoms with Crippen LogP contribution in [0.15, 0.2) is 65.8 Å². The van der Waals surface area contributed by atoms with E-state index in [0.717, 1.165) is 5.39 Å². The van der Waals surface area contributed by atoms with Crippen molar-refractivity contribution >= 4 is 20.8 Å². The molecule has 1 heterocycles. The number of nitrogens with zero attached hydrogens (tertiary/aromatic N) is 2. The quantitative estimate of drug-likeness (QED) is 0.691. The molecule has 136 valence electrons. The topological polar surface area (TPSA) is 76.3 Å². The fraction of sp³-hybridized carbons (Fsp3) is 0.211. The molecule has 5 nitrogen and oxygen atoms in total. The molecule has 2 N–H and O–H groups in total. The highest BCUT2D eigenvalue weighted by atomic mass is 32.2. The predicted molar refractivity (Wildman–Crippen MR) is 99.7 cm³/mol. The Kier molecular flexibility index (Phi) is 5.61. The number of rotatable bonds is 7. The van der Waals surface area contributed by atoms with E-state index in [-0.39, 0.29) is 36.8 Å². The van der Waals surface area contributed by atoms with E-state index < -0.39 is 10.0 Å². The lowest BCUT2D eigenvalue weighted by atomic mass is 10.1. The summed E-state index contributed by atoms with van der Waals surface area (Å²) in [6.07, 6.45) is 3.47. The summed E-state index contributed by atoms with van der Waals surface area (Å²) in [4.78, 5) is 4.24. The lowest BCUT2D eigenvalue weighted by Crippen LogP contribution is -2.37. The van der Waals surface area contributed by atoms with Gasteiger partial charge in [-0.05, 0) is 30.2 Å². The summed E-state index contributed by atoms with van der Waals surface area (Å²) in [5.41, 5.74) is 6.10. The van der Waals surface area contributed by atoms with Crippen molar-refractivity contribution in [2.45, 2.75) is 11.3 Å². The minimum absolute atomic E-state index is 0.155. The van der Waals surface area contributed by atoms with E-state index in [2.05, 4.69) is 4.98 Å². The zero-order chi connectivity index (χ0) is 18.6. The summed E-state index contributed by atoms with van der Waals surface area (Å²) in [5, 5.41) is 1.35. The van der Waals surface area contributed by atoms with Crippen molar-refractivity contribution in [3.63, 3.8) is 0 Å². The first-order chi connectivity index (χ1) is 12.5. The van der Waals surface area contributed by atoms with Crippen molar-refractivity contribution in [2.75, 3.05) is 19.6 Å². The van der Waals surface area contributed by atoms with Gasteiger partial charge in [-0.2, -0.15) is 4.31 Å². The molecule has 0 spiro atoms. The summed E-state index contributed by atoms with van der Waals surface area (Å²) >= 11 is 0. The van der Waals surface area contributed by atoms with Crippen LogP contribution in [0, 0.1) is 5.82 Å². The molecule has 0 fully saturated rings. The Hall–Kier alpha value is -2.35. The summed E-state index contributed by atoms with van der Waals surface area (Å²) < 4.78 is 41.6. The van der Waals surface area contributed by atoms with Crippen LogP contribution in [0.2, 0.25) is 0 Å². The summed E-state index contributed by atoms with van der Waals surface area (Å²) in [6, 6.07) is 13.1. The maximum atomic E-state index is 13.9. The highest BCUT2D eigenvalue weighted by Crippen LogP contribution is 2.25. The molecule has 0 aliphatic rings. The lowest BCUT2D eigenvalue weighted by molar-refractivity contribution is 0.419. The minimum Gasteiger partial charge on any atom is -0.329 e. The molecule has 0 saturated carbocycles. The molecular formula is C19H20FN3O2S. The van der Waals surface area contributed by atoms with E-state index in [9.17, 15) is 12.8 Å². The molecule has 3 aromatic rings. The van der Waals surface area contributed by atoms with Gasteiger partial charge in [0.15, 0.2) is 0 Å². The fourth-order valence-corrected chi connectivity index (χ4v) is 4.57. The molecule has 0 atom stereocenters. The van der Waals surface area contributed by atoms with Gasteiger partial charge in [-0.3, -0.25) is 4.98 Å². The van der Waals surface area contributed by atoms with Gasteiger partial charge in [-0.15, -0.1) is 0 Å². The van der Waals surface area contributed by atoms with Crippen LogP contribution in [-0.4, -0.2) is 37.3 Å². The standard InChI is InChI=1S/C19H20FN3O2S/c20-18-6-2-1-4-15(18)9-12-23(13-10-21)26(24,25)19-7-3-5-16-14-22-11-8-17(16)19/h1-8,11,14H,9-10,12-13,21H2. The van der Waals surface area contributed by atoms with Crippen LogP contribution < -0.4 is 5.73 Å². The molecule has 2 aromatic carbocycles. The maximum Gasteiger partial charge on any atom is 0.243 e. The van der Waals surface area contributed by atoms with Crippen LogP contribution in [0.5, 0.6) is 0 Å². The predicted octanol–water partition coefficient (Wildman–Crippen LogP) is 2.57. The van der Waals surface area contributed by atoms with Gasteiger partial charge >= 0.3 is 0 Å². The van der Waals surface area contributed by atoms with Crippen molar-refractivity contribution in [2.24, 2.45) is 5.73 Å². The third-order valence-corrected chi connectivity index (χ3v) is 6.18. The van der Waals surface area contributed by atoms with Crippen LogP contribution in [-0.2, 0) is 16.4 Å². The second-order valence-corrected chi connectivity index (χ2v) is 7.79. The van der Waals surface area contributed by atoms with Gasteiger partial charge in [0, 0.05) is 42.8 Å². The van der Waals surface area contributed by atoms with E-state index >= 15 is 0 Å². The van der Waals surface area contributed by atoms with Gasteiger partial charge in [-0.1, -0.05) is 30.3 Å². The van der Waals surface area contributed by atoms with Crippen molar-refractivity contribution < 1.29 is 12.8 Å². The lowest BCUT2D eigenvalue weighted by Gasteiger charge is -2.22. The van der Waals surface area contributed by atoms with E-state index in [1.54, 1.807) is 48.8 Å². The molecule has 0 saturated heterocycles. The Morgan fingerprint density at radius 1 is 1.04 bits per heavy atom. The first-order valence-electron chi connectivity index (χ1n) is 8.30. The minimum atomic E-state index is -3.77. The van der Waals surface area contributed by atoms with Crippen molar-refractivity contribution in [3.05, 3.63) is 72.3 Å². The molecule has 7 heteroatoms. The zero-order valence-electron chi connectivity index (χ0n) is 14.2. The average Bonchev–Trinajstić information content (AvgIpc) is 2.65. The van der Waals surface area contributed by atoms with E-state index in [1.165, 1.54) is 10.4 Å². The smallest absolute Gasteiger partial charge is 0.243 e. The number of benzene rings is 2. The first kappa shape index (κ1) is 18.4. The monoisotopic (exact) mass is 373 g/mol. The highest BCUT2D eigenvalue weighted by Gasteiger charge is 2.25. The van der Waals surface area contributed by atoms with Gasteiger partial charge in [0.2, 0.25) is 10.0 Å². The molecular weight excluding hydrogens is 353 g/mol. The Bertz CT molecular complexity index is 1000. The van der Waals surface area contributed by atoms with Crippen LogP contribution in [0.1, 0.15) is 5.56 Å². The summed E-state index contributed by atoms with van der Waals surface area (Å²) in [5.74, 6) is -0.339. The number of sulfonamides is 1. The van der Waals surface area contributed by atoms with Crippen LogP contribution in [0.3, 0.4) is 0 Å². The largest absolute Gasteiger partial charge is 0.329 e. The normalized spacial score (nSPS) is 12.0. The number of aromatic nitrogens is 1. The van der Waals surface area contributed by atoms with E-state index in [4.69, 9.17) is 5.73 Å². The second kappa shape index (κ2) is 7.90. The second-order valence-electron chi connectivity index (χ2n) is 5.89. The number of halogens is 1. The molecule has 3 rings (SSSR count). The van der Waals surface area contributed by atoms with Gasteiger partial charge in [0.25, 0.3) is 0 Å². The van der Waals surface area contributed by atoms with E-state index in [0.29, 0.717) is 10.9 Å². The van der Waals surface area contributed by atoms with Gasteiger partial charge in [0.1, 0.15) is 5.82 Å². The van der Waals surface area contributed by atoms with Crippen LogP contribution >= 0.6 is 0 Å². The highest BCUT2D eigenvalue weighted by molar-refractivity contribution is 7.89. The maximum absolute atomic E-state index is 13.9. The van der Waals surface area contributed by atoms with Crippen molar-refractivity contribution in [1.82, 2.24) is 9.29 Å². The molecule has 0 aliphatic heterocycles. The van der Waals surface area contributed by atoms with Crippen molar-refractivity contribution in [1.29, 1.82) is 0 Å². The first-order valence-corrected chi connectivity index (χ1v) is 9.74. The third kappa shape index (κ3) is 3.75. The summed E-state index contributed by atoms with van der Waals surface area (Å²) in [7, 11) is -3.77. The van der Waals surface area contributed by atoms with Gasteiger partial charge in [-0.25, -0.2) is 12.8 Å². The van der Waals surface area contributed by atoms with Gasteiger partial charge in [0.05, 0.1) is 4.90 Å².